The van der Waals surface area contributed by atoms with Gasteiger partial charge in [0.2, 0.25) is 0 Å². The molecule has 3 heteroatoms. The van der Waals surface area contributed by atoms with Crippen molar-refractivity contribution in [3.63, 3.8) is 0 Å². The van der Waals surface area contributed by atoms with Crippen molar-refractivity contribution in [1.29, 1.82) is 0 Å². The molecule has 0 atom stereocenters. The molecule has 1 aromatic carbocycles. The van der Waals surface area contributed by atoms with Gasteiger partial charge in [0.15, 0.2) is 0 Å². The van der Waals surface area contributed by atoms with E-state index in [2.05, 4.69) is 5.10 Å². The third-order valence-corrected chi connectivity index (χ3v) is 2.50. The molecule has 0 radical (unpaired) electrons. The first-order valence-electron chi connectivity index (χ1n) is 5.40. The molecule has 1 heterocycles. The van der Waals surface area contributed by atoms with Crippen LogP contribution in [0.2, 0.25) is 0 Å². The Morgan fingerprint density at radius 3 is 2.62 bits per heavy atom. The molecule has 0 spiro atoms. The van der Waals surface area contributed by atoms with Crippen LogP contribution in [0.3, 0.4) is 0 Å². The van der Waals surface area contributed by atoms with Crippen LogP contribution in [-0.4, -0.2) is 15.6 Å². The Labute approximate surface area is 94.7 Å². The molecule has 0 saturated carbocycles. The van der Waals surface area contributed by atoms with Crippen molar-refractivity contribution in [2.45, 2.75) is 19.8 Å². The largest absolute Gasteiger partial charge is 0.299 e. The van der Waals surface area contributed by atoms with E-state index in [-0.39, 0.29) is 5.78 Å². The first kappa shape index (κ1) is 10.6. The normalized spacial score (nSPS) is 10.3. The second-order valence-electron chi connectivity index (χ2n) is 3.69. The molecule has 0 aliphatic heterocycles. The van der Waals surface area contributed by atoms with Crippen LogP contribution in [0.4, 0.5) is 0 Å². The number of nitrogens with zero attached hydrogens (tertiary/aromatic N) is 2. The minimum absolute atomic E-state index is 0.270. The smallest absolute Gasteiger partial charge is 0.136 e. The molecule has 0 aliphatic carbocycles. The Kier molecular flexibility index (Phi) is 3.15. The Balaban J connectivity index is 2.14. The first-order valence-corrected chi connectivity index (χ1v) is 5.40. The third kappa shape index (κ3) is 2.37. The minimum atomic E-state index is 0.270. The molecule has 0 unspecified atom stereocenters. The fourth-order valence-electron chi connectivity index (χ4n) is 1.54. The first-order chi connectivity index (χ1) is 7.79. The fraction of sp³-hybridized carbons (Fsp3) is 0.231. The van der Waals surface area contributed by atoms with Crippen LogP contribution < -0.4 is 0 Å². The second kappa shape index (κ2) is 4.75. The number of rotatable bonds is 4. The number of benzene rings is 1. The minimum Gasteiger partial charge on any atom is -0.299 e. The van der Waals surface area contributed by atoms with Gasteiger partial charge in [0.05, 0.1) is 5.69 Å². The van der Waals surface area contributed by atoms with Gasteiger partial charge in [0.1, 0.15) is 5.78 Å². The average Bonchev–Trinajstić information content (AvgIpc) is 2.83. The molecule has 0 bridgehead atoms. The number of ketones is 1. The Bertz CT molecular complexity index is 457. The van der Waals surface area contributed by atoms with Crippen LogP contribution in [0.1, 0.15) is 18.9 Å². The lowest BCUT2D eigenvalue weighted by molar-refractivity contribution is -0.118. The van der Waals surface area contributed by atoms with Crippen molar-refractivity contribution in [2.75, 3.05) is 0 Å². The summed E-state index contributed by atoms with van der Waals surface area (Å²) in [5.41, 5.74) is 2.07. The molecule has 0 N–H and O–H groups in total. The molecular weight excluding hydrogens is 200 g/mol. The van der Waals surface area contributed by atoms with Gasteiger partial charge in [0.25, 0.3) is 0 Å². The van der Waals surface area contributed by atoms with Gasteiger partial charge < -0.3 is 0 Å². The SMILES string of the molecule is CCC(=O)Cc1ccc(-n2cccn2)cc1. The maximum atomic E-state index is 11.3. The summed E-state index contributed by atoms with van der Waals surface area (Å²) in [6.45, 7) is 1.89. The van der Waals surface area contributed by atoms with Crippen molar-refractivity contribution >= 4 is 5.78 Å². The molecule has 2 rings (SSSR count). The number of carbonyl (C=O) groups excluding carboxylic acids is 1. The van der Waals surface area contributed by atoms with Crippen LogP contribution in [0.15, 0.2) is 42.7 Å². The van der Waals surface area contributed by atoms with Crippen molar-refractivity contribution in [2.24, 2.45) is 0 Å². The van der Waals surface area contributed by atoms with Gasteiger partial charge in [-0.25, -0.2) is 4.68 Å². The van der Waals surface area contributed by atoms with E-state index in [1.54, 1.807) is 10.9 Å². The zero-order valence-electron chi connectivity index (χ0n) is 9.26. The van der Waals surface area contributed by atoms with E-state index in [9.17, 15) is 4.79 Å². The van der Waals surface area contributed by atoms with Crippen LogP contribution in [-0.2, 0) is 11.2 Å². The highest BCUT2D eigenvalue weighted by molar-refractivity contribution is 5.80. The second-order valence-corrected chi connectivity index (χ2v) is 3.69. The molecule has 16 heavy (non-hydrogen) atoms. The van der Waals surface area contributed by atoms with Crippen molar-refractivity contribution in [3.8, 4) is 5.69 Å². The van der Waals surface area contributed by atoms with E-state index in [1.165, 1.54) is 0 Å². The fourth-order valence-corrected chi connectivity index (χ4v) is 1.54. The summed E-state index contributed by atoms with van der Waals surface area (Å²) in [5.74, 6) is 0.270. The predicted molar refractivity (Wildman–Crippen MR) is 62.6 cm³/mol. The molecule has 3 nitrogen and oxygen atoms in total. The topological polar surface area (TPSA) is 34.9 Å². The van der Waals surface area contributed by atoms with Gasteiger partial charge in [-0.1, -0.05) is 19.1 Å². The summed E-state index contributed by atoms with van der Waals surface area (Å²) in [5, 5.41) is 4.14. The monoisotopic (exact) mass is 214 g/mol. The van der Waals surface area contributed by atoms with E-state index in [4.69, 9.17) is 0 Å². The summed E-state index contributed by atoms with van der Waals surface area (Å²) in [4.78, 5) is 11.3. The maximum absolute atomic E-state index is 11.3. The number of hydrogen-bond donors (Lipinski definition) is 0. The van der Waals surface area contributed by atoms with Gasteiger partial charge in [-0.15, -0.1) is 0 Å². The Morgan fingerprint density at radius 1 is 1.31 bits per heavy atom. The molecule has 2 aromatic rings. The van der Waals surface area contributed by atoms with E-state index < -0.39 is 0 Å². The van der Waals surface area contributed by atoms with E-state index in [1.807, 2.05) is 43.5 Å². The van der Waals surface area contributed by atoms with Crippen molar-refractivity contribution < 1.29 is 4.79 Å². The van der Waals surface area contributed by atoms with E-state index in [0.717, 1.165) is 11.3 Å². The Morgan fingerprint density at radius 2 is 2.06 bits per heavy atom. The number of hydrogen-bond acceptors (Lipinski definition) is 2. The highest BCUT2D eigenvalue weighted by atomic mass is 16.1. The summed E-state index contributed by atoms with van der Waals surface area (Å²) in [6.07, 6.45) is 4.76. The summed E-state index contributed by atoms with van der Waals surface area (Å²) < 4.78 is 1.80. The van der Waals surface area contributed by atoms with E-state index >= 15 is 0 Å². The molecule has 82 valence electrons. The van der Waals surface area contributed by atoms with Gasteiger partial charge in [-0.2, -0.15) is 5.10 Å². The van der Waals surface area contributed by atoms with Crippen molar-refractivity contribution in [1.82, 2.24) is 9.78 Å². The number of aromatic nitrogens is 2. The van der Waals surface area contributed by atoms with Gasteiger partial charge in [0, 0.05) is 25.2 Å². The van der Waals surface area contributed by atoms with Crippen molar-refractivity contribution in [3.05, 3.63) is 48.3 Å². The molecule has 0 saturated heterocycles. The summed E-state index contributed by atoms with van der Waals surface area (Å²) in [7, 11) is 0. The van der Waals surface area contributed by atoms with Crippen LogP contribution in [0.25, 0.3) is 5.69 Å². The standard InChI is InChI=1S/C13H14N2O/c1-2-13(16)10-11-4-6-12(7-5-11)15-9-3-8-14-15/h3-9H,2,10H2,1H3. The van der Waals surface area contributed by atoms with Crippen LogP contribution >= 0.6 is 0 Å². The van der Waals surface area contributed by atoms with Crippen LogP contribution in [0.5, 0.6) is 0 Å². The lowest BCUT2D eigenvalue weighted by atomic mass is 10.1. The predicted octanol–water partition coefficient (Wildman–Crippen LogP) is 2.39. The highest BCUT2D eigenvalue weighted by Gasteiger charge is 2.01. The quantitative estimate of drug-likeness (QED) is 0.783. The van der Waals surface area contributed by atoms with E-state index in [0.29, 0.717) is 12.8 Å². The summed E-state index contributed by atoms with van der Waals surface area (Å²) >= 11 is 0. The zero-order chi connectivity index (χ0) is 11.4. The molecule has 0 fully saturated rings. The summed E-state index contributed by atoms with van der Waals surface area (Å²) in [6, 6.07) is 9.79. The highest BCUT2D eigenvalue weighted by Crippen LogP contribution is 2.09. The average molecular weight is 214 g/mol. The van der Waals surface area contributed by atoms with Gasteiger partial charge in [-0.05, 0) is 23.8 Å². The van der Waals surface area contributed by atoms with Crippen LogP contribution in [0, 0.1) is 0 Å². The molecule has 0 amide bonds. The lowest BCUT2D eigenvalue weighted by Gasteiger charge is -2.03. The lowest BCUT2D eigenvalue weighted by Crippen LogP contribution is -2.01. The van der Waals surface area contributed by atoms with Gasteiger partial charge in [-0.3, -0.25) is 4.79 Å². The molecule has 0 aliphatic rings. The third-order valence-electron chi connectivity index (χ3n) is 2.50. The Hall–Kier alpha value is -1.90. The number of carbonyl (C=O) groups is 1. The number of Topliss-reactive ketones (excluding diaryl/α,β-unsaturated/α-hetero) is 1. The van der Waals surface area contributed by atoms with Gasteiger partial charge >= 0.3 is 0 Å². The molecule has 1 aromatic heterocycles. The molecular formula is C13H14N2O. The maximum Gasteiger partial charge on any atom is 0.136 e. The zero-order valence-corrected chi connectivity index (χ0v) is 9.26.